The number of carboxylic acids is 1. The van der Waals surface area contributed by atoms with Gasteiger partial charge < -0.3 is 25.6 Å². The number of rotatable bonds is 7. The molecule has 4 aromatic rings. The zero-order chi connectivity index (χ0) is 28.0. The van der Waals surface area contributed by atoms with Crippen LogP contribution in [0.3, 0.4) is 0 Å². The van der Waals surface area contributed by atoms with Crippen LogP contribution in [-0.2, 0) is 10.2 Å². The molecule has 10 nitrogen and oxygen atoms in total. The van der Waals surface area contributed by atoms with Crippen LogP contribution in [0.4, 0.5) is 5.69 Å². The maximum Gasteiger partial charge on any atom is 0.357 e. The number of hydrogen-bond acceptors (Lipinski definition) is 6. The molecule has 0 atom stereocenters. The standard InChI is InChI=1S/C20H24N2O4.C8H6N2O2/c1-12-10-14(7-8-15(12)20(2,3)19(21)24)22-18(23)13-6-9-16(25-4)17(11-13)26-5;11-8(12)7-5-3-1-2-4-6(5)9-10-7/h6-11H,1-5H3,(H2,21,24)(H,22,23);1-4H,(H,9,10)(H,11,12). The molecule has 0 aliphatic carbocycles. The van der Waals surface area contributed by atoms with Crippen molar-refractivity contribution in [3.8, 4) is 11.5 Å². The van der Waals surface area contributed by atoms with Crippen molar-refractivity contribution in [1.29, 1.82) is 0 Å². The lowest BCUT2D eigenvalue weighted by atomic mass is 9.81. The number of anilines is 1. The Hall–Kier alpha value is -4.86. The van der Waals surface area contributed by atoms with Crippen LogP contribution in [0.15, 0.2) is 60.7 Å². The van der Waals surface area contributed by atoms with Crippen molar-refractivity contribution in [2.24, 2.45) is 5.73 Å². The number of carbonyl (C=O) groups is 3. The summed E-state index contributed by atoms with van der Waals surface area (Å²) in [7, 11) is 3.05. The van der Waals surface area contributed by atoms with E-state index in [9.17, 15) is 14.4 Å². The molecule has 10 heteroatoms. The van der Waals surface area contributed by atoms with Gasteiger partial charge in [0.15, 0.2) is 17.2 Å². The minimum Gasteiger partial charge on any atom is -0.493 e. The molecule has 2 amide bonds. The van der Waals surface area contributed by atoms with Crippen molar-refractivity contribution in [3.05, 3.63) is 83.0 Å². The topological polar surface area (TPSA) is 157 Å². The molecular weight excluding hydrogens is 488 g/mol. The van der Waals surface area contributed by atoms with E-state index in [0.29, 0.717) is 28.1 Å². The molecule has 0 bridgehead atoms. The Kier molecular flexibility index (Phi) is 8.36. The number of ether oxygens (including phenoxy) is 2. The van der Waals surface area contributed by atoms with E-state index in [4.69, 9.17) is 20.3 Å². The average molecular weight is 519 g/mol. The number of para-hydroxylation sites is 1. The first kappa shape index (κ1) is 27.7. The third-order valence-corrected chi connectivity index (χ3v) is 6.09. The Bertz CT molecular complexity index is 1490. The van der Waals surface area contributed by atoms with Gasteiger partial charge in [0.1, 0.15) is 0 Å². The number of nitrogens with zero attached hydrogens (tertiary/aromatic N) is 1. The summed E-state index contributed by atoms with van der Waals surface area (Å²) < 4.78 is 10.4. The molecular formula is C28H30N4O6. The molecule has 4 rings (SSSR count). The van der Waals surface area contributed by atoms with Crippen LogP contribution < -0.4 is 20.5 Å². The van der Waals surface area contributed by atoms with E-state index in [-0.39, 0.29) is 11.6 Å². The second kappa shape index (κ2) is 11.5. The largest absolute Gasteiger partial charge is 0.493 e. The third kappa shape index (κ3) is 5.92. The number of nitrogens with one attached hydrogen (secondary N) is 2. The van der Waals surface area contributed by atoms with E-state index in [1.54, 1.807) is 56.3 Å². The molecule has 1 heterocycles. The highest BCUT2D eigenvalue weighted by atomic mass is 16.5. The Balaban J connectivity index is 0.000000275. The number of hydrogen-bond donors (Lipinski definition) is 4. The Labute approximate surface area is 219 Å². The molecule has 0 unspecified atom stereocenters. The number of aromatic amines is 1. The first-order valence-electron chi connectivity index (χ1n) is 11.6. The number of methoxy groups -OCH3 is 2. The third-order valence-electron chi connectivity index (χ3n) is 6.09. The predicted octanol–water partition coefficient (Wildman–Crippen LogP) is 4.29. The van der Waals surface area contributed by atoms with Gasteiger partial charge in [0.25, 0.3) is 5.91 Å². The summed E-state index contributed by atoms with van der Waals surface area (Å²) >= 11 is 0. The fraction of sp³-hybridized carbons (Fsp3) is 0.214. The van der Waals surface area contributed by atoms with Crippen LogP contribution in [-0.4, -0.2) is 47.3 Å². The molecule has 0 saturated heterocycles. The molecule has 38 heavy (non-hydrogen) atoms. The number of aromatic nitrogens is 2. The number of fused-ring (bicyclic) bond motifs is 1. The molecule has 3 aromatic carbocycles. The maximum absolute atomic E-state index is 12.5. The minimum atomic E-state index is -1.01. The van der Waals surface area contributed by atoms with Crippen molar-refractivity contribution in [1.82, 2.24) is 10.2 Å². The number of aromatic carboxylic acids is 1. The Morgan fingerprint density at radius 2 is 1.66 bits per heavy atom. The van der Waals surface area contributed by atoms with Crippen LogP contribution in [0.1, 0.15) is 45.8 Å². The summed E-state index contributed by atoms with van der Waals surface area (Å²) in [5, 5.41) is 18.5. The van der Waals surface area contributed by atoms with E-state index in [1.165, 1.54) is 14.2 Å². The summed E-state index contributed by atoms with van der Waals surface area (Å²) in [6, 6.07) is 17.5. The van der Waals surface area contributed by atoms with Gasteiger partial charge in [-0.3, -0.25) is 14.7 Å². The van der Waals surface area contributed by atoms with Gasteiger partial charge in [0, 0.05) is 16.6 Å². The number of primary amides is 1. The SMILES string of the molecule is COc1ccc(C(=O)Nc2ccc(C(C)(C)C(N)=O)c(C)c2)cc1OC.O=C(O)c1n[nH]c2ccccc12. The monoisotopic (exact) mass is 518 g/mol. The fourth-order valence-corrected chi connectivity index (χ4v) is 3.88. The number of benzene rings is 3. The normalized spacial score (nSPS) is 10.8. The van der Waals surface area contributed by atoms with Crippen molar-refractivity contribution < 1.29 is 29.0 Å². The van der Waals surface area contributed by atoms with E-state index >= 15 is 0 Å². The lowest BCUT2D eigenvalue weighted by Gasteiger charge is -2.23. The molecule has 1 aromatic heterocycles. The lowest BCUT2D eigenvalue weighted by molar-refractivity contribution is -0.122. The van der Waals surface area contributed by atoms with Gasteiger partial charge in [-0.15, -0.1) is 0 Å². The van der Waals surface area contributed by atoms with Crippen molar-refractivity contribution >= 4 is 34.4 Å². The molecule has 198 valence electrons. The molecule has 0 radical (unpaired) electrons. The Morgan fingerprint density at radius 1 is 0.974 bits per heavy atom. The highest BCUT2D eigenvalue weighted by Gasteiger charge is 2.29. The second-order valence-electron chi connectivity index (χ2n) is 8.97. The molecule has 0 spiro atoms. The molecule has 0 aliphatic heterocycles. The minimum absolute atomic E-state index is 0.0746. The number of carboxylic acid groups (broad SMARTS) is 1. The Morgan fingerprint density at radius 3 is 2.26 bits per heavy atom. The van der Waals surface area contributed by atoms with Gasteiger partial charge in [-0.25, -0.2) is 4.79 Å². The van der Waals surface area contributed by atoms with Gasteiger partial charge in [-0.2, -0.15) is 5.10 Å². The van der Waals surface area contributed by atoms with Gasteiger partial charge in [0.2, 0.25) is 5.91 Å². The van der Waals surface area contributed by atoms with Gasteiger partial charge in [0.05, 0.1) is 25.2 Å². The molecule has 0 fully saturated rings. The first-order chi connectivity index (χ1) is 18.0. The number of H-pyrrole nitrogens is 1. The second-order valence-corrected chi connectivity index (χ2v) is 8.97. The summed E-state index contributed by atoms with van der Waals surface area (Å²) in [5.41, 5.74) is 8.30. The van der Waals surface area contributed by atoms with Crippen LogP contribution in [0, 0.1) is 6.92 Å². The van der Waals surface area contributed by atoms with Gasteiger partial charge in [-0.05, 0) is 68.3 Å². The van der Waals surface area contributed by atoms with Gasteiger partial charge >= 0.3 is 5.97 Å². The molecule has 0 saturated carbocycles. The van der Waals surface area contributed by atoms with E-state index < -0.39 is 17.3 Å². The van der Waals surface area contributed by atoms with Crippen molar-refractivity contribution in [2.75, 3.05) is 19.5 Å². The molecule has 0 aliphatic rings. The zero-order valence-electron chi connectivity index (χ0n) is 21.8. The van der Waals surface area contributed by atoms with E-state index in [1.807, 2.05) is 25.1 Å². The number of nitrogens with two attached hydrogens (primary N) is 1. The summed E-state index contributed by atoms with van der Waals surface area (Å²) in [4.78, 5) is 34.8. The van der Waals surface area contributed by atoms with E-state index in [0.717, 1.165) is 16.6 Å². The smallest absolute Gasteiger partial charge is 0.357 e. The lowest BCUT2D eigenvalue weighted by Crippen LogP contribution is -2.36. The van der Waals surface area contributed by atoms with Crippen LogP contribution in [0.5, 0.6) is 11.5 Å². The van der Waals surface area contributed by atoms with E-state index in [2.05, 4.69) is 15.5 Å². The number of carbonyl (C=O) groups excluding carboxylic acids is 2. The highest BCUT2D eigenvalue weighted by molar-refractivity contribution is 6.05. The average Bonchev–Trinajstić information content (AvgIpc) is 3.33. The number of aryl methyl sites for hydroxylation is 1. The van der Waals surface area contributed by atoms with Crippen LogP contribution in [0.25, 0.3) is 10.9 Å². The fourth-order valence-electron chi connectivity index (χ4n) is 3.88. The highest BCUT2D eigenvalue weighted by Crippen LogP contribution is 2.30. The van der Waals surface area contributed by atoms with Crippen molar-refractivity contribution in [2.45, 2.75) is 26.2 Å². The van der Waals surface area contributed by atoms with Crippen LogP contribution in [0.2, 0.25) is 0 Å². The van der Waals surface area contributed by atoms with Gasteiger partial charge in [-0.1, -0.05) is 24.3 Å². The molecule has 5 N–H and O–H groups in total. The van der Waals surface area contributed by atoms with Crippen molar-refractivity contribution in [3.63, 3.8) is 0 Å². The predicted molar refractivity (Wildman–Crippen MR) is 144 cm³/mol. The van der Waals surface area contributed by atoms with Crippen LogP contribution >= 0.6 is 0 Å². The summed E-state index contributed by atoms with van der Waals surface area (Å²) in [6.45, 7) is 5.44. The maximum atomic E-state index is 12.5. The zero-order valence-corrected chi connectivity index (χ0v) is 21.8. The first-order valence-corrected chi connectivity index (χ1v) is 11.6. The summed E-state index contributed by atoms with van der Waals surface area (Å²) in [6.07, 6.45) is 0. The summed E-state index contributed by atoms with van der Waals surface area (Å²) in [5.74, 6) is -0.643. The quantitative estimate of drug-likeness (QED) is 0.284. The number of amides is 2.